The maximum Gasteiger partial charge on any atom is 0.340 e. The SMILES string of the molecule is N#Cc1ccc(COC(=O)c2ccc(F)cc2N)c(Cl)c1. The van der Waals surface area contributed by atoms with Gasteiger partial charge in [-0.05, 0) is 30.3 Å². The van der Waals surface area contributed by atoms with E-state index in [0.717, 1.165) is 12.1 Å². The minimum absolute atomic E-state index is 0.00549. The minimum atomic E-state index is -0.673. The van der Waals surface area contributed by atoms with Gasteiger partial charge in [0.25, 0.3) is 0 Å². The molecule has 0 saturated heterocycles. The van der Waals surface area contributed by atoms with Gasteiger partial charge in [-0.25, -0.2) is 9.18 Å². The second-order valence-electron chi connectivity index (χ2n) is 4.23. The van der Waals surface area contributed by atoms with Gasteiger partial charge in [-0.15, -0.1) is 0 Å². The van der Waals surface area contributed by atoms with Crippen molar-refractivity contribution in [2.45, 2.75) is 6.61 Å². The Morgan fingerprint density at radius 1 is 1.33 bits per heavy atom. The van der Waals surface area contributed by atoms with Crippen LogP contribution in [0, 0.1) is 17.1 Å². The van der Waals surface area contributed by atoms with Crippen LogP contribution in [0.25, 0.3) is 0 Å². The fourth-order valence-electron chi connectivity index (χ4n) is 1.67. The van der Waals surface area contributed by atoms with Crippen LogP contribution >= 0.6 is 11.6 Å². The van der Waals surface area contributed by atoms with E-state index in [1.165, 1.54) is 12.1 Å². The van der Waals surface area contributed by atoms with Gasteiger partial charge >= 0.3 is 5.97 Å². The van der Waals surface area contributed by atoms with Crippen LogP contribution < -0.4 is 5.73 Å². The second kappa shape index (κ2) is 6.25. The van der Waals surface area contributed by atoms with Crippen molar-refractivity contribution in [2.75, 3.05) is 5.73 Å². The first-order valence-electron chi connectivity index (χ1n) is 5.92. The number of benzene rings is 2. The van der Waals surface area contributed by atoms with E-state index < -0.39 is 11.8 Å². The first-order valence-corrected chi connectivity index (χ1v) is 6.29. The van der Waals surface area contributed by atoms with Crippen molar-refractivity contribution in [1.29, 1.82) is 5.26 Å². The Bertz CT molecular complexity index is 741. The molecule has 0 aliphatic heterocycles. The molecule has 0 aliphatic rings. The molecule has 0 heterocycles. The van der Waals surface area contributed by atoms with Gasteiger partial charge in [0.1, 0.15) is 12.4 Å². The molecule has 0 radical (unpaired) electrons. The van der Waals surface area contributed by atoms with E-state index in [0.29, 0.717) is 16.1 Å². The van der Waals surface area contributed by atoms with Crippen molar-refractivity contribution in [1.82, 2.24) is 0 Å². The van der Waals surface area contributed by atoms with Crippen LogP contribution in [-0.4, -0.2) is 5.97 Å². The normalized spacial score (nSPS) is 9.95. The first kappa shape index (κ1) is 14.8. The van der Waals surface area contributed by atoms with E-state index in [9.17, 15) is 9.18 Å². The molecule has 21 heavy (non-hydrogen) atoms. The van der Waals surface area contributed by atoms with Crippen LogP contribution in [0.5, 0.6) is 0 Å². The molecule has 0 atom stereocenters. The number of hydrogen-bond acceptors (Lipinski definition) is 4. The van der Waals surface area contributed by atoms with E-state index in [4.69, 9.17) is 27.3 Å². The van der Waals surface area contributed by atoms with Crippen LogP contribution in [0.2, 0.25) is 5.02 Å². The average Bonchev–Trinajstić information content (AvgIpc) is 2.45. The van der Waals surface area contributed by atoms with Crippen LogP contribution in [0.3, 0.4) is 0 Å². The van der Waals surface area contributed by atoms with E-state index >= 15 is 0 Å². The maximum atomic E-state index is 12.9. The molecule has 0 fully saturated rings. The maximum absolute atomic E-state index is 12.9. The number of nitriles is 1. The lowest BCUT2D eigenvalue weighted by Crippen LogP contribution is -2.08. The van der Waals surface area contributed by atoms with Gasteiger partial charge in [0.2, 0.25) is 0 Å². The van der Waals surface area contributed by atoms with Gasteiger partial charge in [-0.1, -0.05) is 17.7 Å². The molecule has 106 valence electrons. The van der Waals surface area contributed by atoms with Crippen molar-refractivity contribution < 1.29 is 13.9 Å². The van der Waals surface area contributed by atoms with E-state index in [2.05, 4.69) is 0 Å². The summed E-state index contributed by atoms with van der Waals surface area (Å²) in [5.74, 6) is -1.20. The van der Waals surface area contributed by atoms with E-state index in [-0.39, 0.29) is 17.9 Å². The summed E-state index contributed by atoms with van der Waals surface area (Å²) in [5, 5.41) is 9.06. The number of carbonyl (C=O) groups excluding carboxylic acids is 1. The third-order valence-electron chi connectivity index (χ3n) is 2.77. The zero-order valence-corrected chi connectivity index (χ0v) is 11.5. The highest BCUT2D eigenvalue weighted by Gasteiger charge is 2.13. The average molecular weight is 305 g/mol. The minimum Gasteiger partial charge on any atom is -0.457 e. The van der Waals surface area contributed by atoms with Gasteiger partial charge in [0.05, 0.1) is 17.2 Å². The molecule has 2 aromatic rings. The summed E-state index contributed by atoms with van der Waals surface area (Å²) in [6.45, 7) is -0.0693. The van der Waals surface area contributed by atoms with Crippen molar-refractivity contribution in [3.05, 3.63) is 63.9 Å². The summed E-state index contributed by atoms with van der Waals surface area (Å²) in [7, 11) is 0. The molecule has 0 aliphatic carbocycles. The molecule has 4 nitrogen and oxygen atoms in total. The lowest BCUT2D eigenvalue weighted by molar-refractivity contribution is 0.0474. The van der Waals surface area contributed by atoms with E-state index in [1.807, 2.05) is 6.07 Å². The number of anilines is 1. The highest BCUT2D eigenvalue weighted by Crippen LogP contribution is 2.20. The largest absolute Gasteiger partial charge is 0.457 e. The summed E-state index contributed by atoms with van der Waals surface area (Å²) >= 11 is 5.97. The lowest BCUT2D eigenvalue weighted by atomic mass is 10.1. The fraction of sp³-hybridized carbons (Fsp3) is 0.0667. The first-order chi connectivity index (χ1) is 10.0. The summed E-state index contributed by atoms with van der Waals surface area (Å²) < 4.78 is 18.0. The van der Waals surface area contributed by atoms with Gasteiger partial charge in [0, 0.05) is 16.3 Å². The number of carbonyl (C=O) groups is 1. The molecule has 0 amide bonds. The van der Waals surface area contributed by atoms with Crippen molar-refractivity contribution in [2.24, 2.45) is 0 Å². The summed E-state index contributed by atoms with van der Waals surface area (Å²) in [6, 6.07) is 10.0. The zero-order valence-electron chi connectivity index (χ0n) is 10.8. The number of esters is 1. The quantitative estimate of drug-likeness (QED) is 0.697. The highest BCUT2D eigenvalue weighted by molar-refractivity contribution is 6.31. The standard InChI is InChI=1S/C15H10ClFN2O2/c16-13-5-9(7-18)1-2-10(13)8-21-15(20)12-4-3-11(17)6-14(12)19/h1-6H,8,19H2. The number of nitrogens with zero attached hydrogens (tertiary/aromatic N) is 1. The van der Waals surface area contributed by atoms with Gasteiger partial charge < -0.3 is 10.5 Å². The summed E-state index contributed by atoms with van der Waals surface area (Å²) in [6.07, 6.45) is 0. The van der Waals surface area contributed by atoms with Gasteiger partial charge in [-0.3, -0.25) is 0 Å². The van der Waals surface area contributed by atoms with Crippen LogP contribution in [0.4, 0.5) is 10.1 Å². The molecule has 0 unspecified atom stereocenters. The van der Waals surface area contributed by atoms with Gasteiger partial charge in [0.15, 0.2) is 0 Å². The summed E-state index contributed by atoms with van der Waals surface area (Å²) in [5.41, 5.74) is 6.62. The zero-order chi connectivity index (χ0) is 15.4. The number of nitrogens with two attached hydrogens (primary N) is 1. The van der Waals surface area contributed by atoms with Gasteiger partial charge in [-0.2, -0.15) is 5.26 Å². The summed E-state index contributed by atoms with van der Waals surface area (Å²) in [4.78, 5) is 11.9. The molecular formula is C15H10ClFN2O2. The molecule has 6 heteroatoms. The van der Waals surface area contributed by atoms with Crippen LogP contribution in [-0.2, 0) is 11.3 Å². The predicted molar refractivity (Wildman–Crippen MR) is 76.1 cm³/mol. The molecule has 0 saturated carbocycles. The molecular weight excluding hydrogens is 295 g/mol. The Kier molecular flexibility index (Phi) is 4.41. The molecule has 2 rings (SSSR count). The Labute approximate surface area is 125 Å². The second-order valence-corrected chi connectivity index (χ2v) is 4.63. The van der Waals surface area contributed by atoms with Crippen LogP contribution in [0.1, 0.15) is 21.5 Å². The topological polar surface area (TPSA) is 76.1 Å². The lowest BCUT2D eigenvalue weighted by Gasteiger charge is -2.08. The number of halogens is 2. The Balaban J connectivity index is 2.09. The van der Waals surface area contributed by atoms with Crippen LogP contribution in [0.15, 0.2) is 36.4 Å². The van der Waals surface area contributed by atoms with Crippen molar-refractivity contribution >= 4 is 23.3 Å². The number of nitrogen functional groups attached to an aromatic ring is 1. The predicted octanol–water partition coefficient (Wildman–Crippen LogP) is 3.29. The molecule has 0 spiro atoms. The number of hydrogen-bond donors (Lipinski definition) is 1. The number of ether oxygens (including phenoxy) is 1. The van der Waals surface area contributed by atoms with E-state index in [1.54, 1.807) is 12.1 Å². The molecule has 0 aromatic heterocycles. The highest BCUT2D eigenvalue weighted by atomic mass is 35.5. The number of rotatable bonds is 3. The molecule has 0 bridgehead atoms. The Hall–Kier alpha value is -2.58. The monoisotopic (exact) mass is 304 g/mol. The molecule has 2 aromatic carbocycles. The third-order valence-corrected chi connectivity index (χ3v) is 3.13. The molecule has 2 N–H and O–H groups in total. The van der Waals surface area contributed by atoms with Crippen molar-refractivity contribution in [3.8, 4) is 6.07 Å². The Morgan fingerprint density at radius 2 is 2.10 bits per heavy atom. The smallest absolute Gasteiger partial charge is 0.340 e. The third kappa shape index (κ3) is 3.50. The van der Waals surface area contributed by atoms with Crippen molar-refractivity contribution in [3.63, 3.8) is 0 Å². The fourth-order valence-corrected chi connectivity index (χ4v) is 1.91. The Morgan fingerprint density at radius 3 is 2.71 bits per heavy atom.